The zero-order valence-electron chi connectivity index (χ0n) is 12.3. The molecular weight excluding hydrogens is 337 g/mol. The Hall–Kier alpha value is -2.24. The summed E-state index contributed by atoms with van der Waals surface area (Å²) in [5.74, 6) is -0.468. The molecule has 0 spiro atoms. The lowest BCUT2D eigenvalue weighted by atomic mass is 10.2. The Morgan fingerprint density at radius 2 is 2.04 bits per heavy atom. The predicted molar refractivity (Wildman–Crippen MR) is 93.5 cm³/mol. The monoisotopic (exact) mass is 351 g/mol. The summed E-state index contributed by atoms with van der Waals surface area (Å²) in [7, 11) is 0. The van der Waals surface area contributed by atoms with Gasteiger partial charge in [-0.05, 0) is 30.7 Å². The van der Waals surface area contributed by atoms with Crippen molar-refractivity contribution >= 4 is 41.0 Å². The Labute approximate surface area is 143 Å². The first-order valence-corrected chi connectivity index (χ1v) is 7.52. The number of phenolic OH excluding ortho intramolecular Hbond substituents is 1. The van der Waals surface area contributed by atoms with E-state index >= 15 is 0 Å². The van der Waals surface area contributed by atoms with Crippen molar-refractivity contribution in [1.82, 2.24) is 5.43 Å². The molecule has 0 aromatic heterocycles. The topological polar surface area (TPSA) is 73.7 Å². The number of nitrogens with zero attached hydrogens (tertiary/aromatic N) is 1. The lowest BCUT2D eigenvalue weighted by Crippen LogP contribution is -2.26. The molecule has 2 aromatic rings. The predicted octanol–water partition coefficient (Wildman–Crippen LogP) is 3.57. The first kappa shape index (κ1) is 17.1. The van der Waals surface area contributed by atoms with Crippen molar-refractivity contribution in [2.75, 3.05) is 11.9 Å². The van der Waals surface area contributed by atoms with E-state index in [1.165, 1.54) is 18.3 Å². The number of hydrogen-bond acceptors (Lipinski definition) is 4. The van der Waals surface area contributed by atoms with E-state index in [0.717, 1.165) is 11.3 Å². The van der Waals surface area contributed by atoms with Crippen LogP contribution in [0.5, 0.6) is 5.75 Å². The molecule has 0 aliphatic carbocycles. The van der Waals surface area contributed by atoms with E-state index in [1.807, 2.05) is 31.2 Å². The molecule has 2 aromatic carbocycles. The number of para-hydroxylation sites is 1. The number of amides is 1. The summed E-state index contributed by atoms with van der Waals surface area (Å²) in [4.78, 5) is 11.7. The highest BCUT2D eigenvalue weighted by Crippen LogP contribution is 2.29. The maximum atomic E-state index is 11.7. The average Bonchev–Trinajstić information content (AvgIpc) is 2.51. The van der Waals surface area contributed by atoms with Crippen LogP contribution >= 0.6 is 23.2 Å². The minimum atomic E-state index is -0.322. The molecule has 0 aliphatic heterocycles. The fourth-order valence-electron chi connectivity index (χ4n) is 1.84. The minimum absolute atomic E-state index is 0.0739. The molecule has 0 saturated heterocycles. The van der Waals surface area contributed by atoms with Crippen LogP contribution in [0.1, 0.15) is 11.1 Å². The SMILES string of the molecule is Cc1ccccc1NCC(=O)NN=Cc1cc(Cl)cc(Cl)c1O. The number of carbonyl (C=O) groups excluding carboxylic acids is 1. The third kappa shape index (κ3) is 4.87. The molecule has 0 fully saturated rings. The second-order valence-electron chi connectivity index (χ2n) is 4.79. The molecule has 0 radical (unpaired) electrons. The molecule has 1 amide bonds. The van der Waals surface area contributed by atoms with Gasteiger partial charge in [-0.15, -0.1) is 0 Å². The Morgan fingerprint density at radius 1 is 1.30 bits per heavy atom. The molecule has 3 N–H and O–H groups in total. The number of aromatic hydroxyl groups is 1. The van der Waals surface area contributed by atoms with Crippen LogP contribution in [0.3, 0.4) is 0 Å². The van der Waals surface area contributed by atoms with Gasteiger partial charge < -0.3 is 10.4 Å². The summed E-state index contributed by atoms with van der Waals surface area (Å²) < 4.78 is 0. The lowest BCUT2D eigenvalue weighted by Gasteiger charge is -2.08. The van der Waals surface area contributed by atoms with Crippen molar-refractivity contribution in [3.05, 3.63) is 57.6 Å². The number of phenols is 1. The molecule has 0 saturated carbocycles. The lowest BCUT2D eigenvalue weighted by molar-refractivity contribution is -0.119. The number of halogens is 2. The van der Waals surface area contributed by atoms with Crippen molar-refractivity contribution in [3.8, 4) is 5.75 Å². The van der Waals surface area contributed by atoms with Crippen molar-refractivity contribution in [3.63, 3.8) is 0 Å². The van der Waals surface area contributed by atoms with Gasteiger partial charge in [-0.25, -0.2) is 5.43 Å². The molecule has 0 atom stereocenters. The number of hydrazone groups is 1. The van der Waals surface area contributed by atoms with E-state index in [1.54, 1.807) is 0 Å². The van der Waals surface area contributed by atoms with Gasteiger partial charge in [0.1, 0.15) is 5.75 Å². The van der Waals surface area contributed by atoms with E-state index in [4.69, 9.17) is 23.2 Å². The summed E-state index contributed by atoms with van der Waals surface area (Å²) in [6.45, 7) is 2.02. The van der Waals surface area contributed by atoms with Gasteiger partial charge in [0.15, 0.2) is 0 Å². The van der Waals surface area contributed by atoms with Gasteiger partial charge in [-0.1, -0.05) is 41.4 Å². The van der Waals surface area contributed by atoms with Crippen molar-refractivity contribution in [1.29, 1.82) is 0 Å². The first-order valence-electron chi connectivity index (χ1n) is 6.77. The Kier molecular flexibility index (Phi) is 5.84. The van der Waals surface area contributed by atoms with Crippen LogP contribution in [0.15, 0.2) is 41.5 Å². The summed E-state index contributed by atoms with van der Waals surface area (Å²) in [6, 6.07) is 10.6. The summed E-state index contributed by atoms with van der Waals surface area (Å²) in [5.41, 5.74) is 4.60. The van der Waals surface area contributed by atoms with Gasteiger partial charge in [0.25, 0.3) is 5.91 Å². The van der Waals surface area contributed by atoms with Gasteiger partial charge in [0, 0.05) is 16.3 Å². The quantitative estimate of drug-likeness (QED) is 0.569. The Morgan fingerprint density at radius 3 is 2.78 bits per heavy atom. The maximum absolute atomic E-state index is 11.7. The third-order valence-corrected chi connectivity index (χ3v) is 3.54. The number of benzene rings is 2. The fraction of sp³-hybridized carbons (Fsp3) is 0.125. The largest absolute Gasteiger partial charge is 0.506 e. The van der Waals surface area contributed by atoms with Gasteiger partial charge in [-0.2, -0.15) is 5.10 Å². The average molecular weight is 352 g/mol. The van der Waals surface area contributed by atoms with Crippen molar-refractivity contribution < 1.29 is 9.90 Å². The molecule has 120 valence electrons. The van der Waals surface area contributed by atoms with Crippen LogP contribution in [0.4, 0.5) is 5.69 Å². The molecule has 23 heavy (non-hydrogen) atoms. The normalized spacial score (nSPS) is 10.7. The second-order valence-corrected chi connectivity index (χ2v) is 5.63. The van der Waals surface area contributed by atoms with Crippen LogP contribution in [0.2, 0.25) is 10.0 Å². The van der Waals surface area contributed by atoms with E-state index in [-0.39, 0.29) is 23.2 Å². The van der Waals surface area contributed by atoms with E-state index in [0.29, 0.717) is 10.6 Å². The highest BCUT2D eigenvalue weighted by atomic mass is 35.5. The van der Waals surface area contributed by atoms with Gasteiger partial charge in [-0.3, -0.25) is 4.79 Å². The Bertz CT molecular complexity index is 748. The van der Waals surface area contributed by atoms with Crippen LogP contribution in [0.25, 0.3) is 0 Å². The fourth-order valence-corrected chi connectivity index (χ4v) is 2.35. The zero-order chi connectivity index (χ0) is 16.8. The van der Waals surface area contributed by atoms with E-state index in [2.05, 4.69) is 15.8 Å². The number of carbonyl (C=O) groups is 1. The number of aryl methyl sites for hydroxylation is 1. The highest BCUT2D eigenvalue weighted by Gasteiger charge is 2.06. The Balaban J connectivity index is 1.91. The van der Waals surface area contributed by atoms with Gasteiger partial charge >= 0.3 is 0 Å². The second kappa shape index (κ2) is 7.85. The summed E-state index contributed by atoms with van der Waals surface area (Å²) in [6.07, 6.45) is 1.28. The van der Waals surface area contributed by atoms with Gasteiger partial charge in [0.05, 0.1) is 17.8 Å². The molecule has 0 bridgehead atoms. The molecule has 0 unspecified atom stereocenters. The van der Waals surface area contributed by atoms with E-state index < -0.39 is 0 Å². The molecule has 0 heterocycles. The van der Waals surface area contributed by atoms with Crippen LogP contribution in [-0.2, 0) is 4.79 Å². The molecule has 7 heteroatoms. The van der Waals surface area contributed by atoms with Crippen molar-refractivity contribution in [2.45, 2.75) is 6.92 Å². The van der Waals surface area contributed by atoms with Crippen molar-refractivity contribution in [2.24, 2.45) is 5.10 Å². The van der Waals surface area contributed by atoms with Gasteiger partial charge in [0.2, 0.25) is 0 Å². The standard InChI is InChI=1S/C16H15Cl2N3O2/c1-10-4-2-3-5-14(10)19-9-15(22)21-20-8-11-6-12(17)7-13(18)16(11)23/h2-8,19,23H,9H2,1H3,(H,21,22). The maximum Gasteiger partial charge on any atom is 0.259 e. The minimum Gasteiger partial charge on any atom is -0.506 e. The summed E-state index contributed by atoms with van der Waals surface area (Å²) in [5, 5.41) is 17.0. The smallest absolute Gasteiger partial charge is 0.259 e. The summed E-state index contributed by atoms with van der Waals surface area (Å²) >= 11 is 11.6. The third-order valence-electron chi connectivity index (χ3n) is 3.04. The van der Waals surface area contributed by atoms with Crippen LogP contribution < -0.4 is 10.7 Å². The molecule has 0 aliphatic rings. The van der Waals surface area contributed by atoms with E-state index in [9.17, 15) is 9.90 Å². The number of hydrogen-bond donors (Lipinski definition) is 3. The molecular formula is C16H15Cl2N3O2. The number of nitrogens with one attached hydrogen (secondary N) is 2. The molecule has 5 nitrogen and oxygen atoms in total. The zero-order valence-corrected chi connectivity index (χ0v) is 13.8. The number of anilines is 1. The first-order chi connectivity index (χ1) is 11.0. The highest BCUT2D eigenvalue weighted by molar-refractivity contribution is 6.36. The van der Waals surface area contributed by atoms with Crippen LogP contribution in [0, 0.1) is 6.92 Å². The molecule has 2 rings (SSSR count). The number of rotatable bonds is 5. The van der Waals surface area contributed by atoms with Crippen LogP contribution in [-0.4, -0.2) is 23.8 Å².